The van der Waals surface area contributed by atoms with Crippen molar-refractivity contribution in [1.82, 2.24) is 15.1 Å². The third-order valence-electron chi connectivity index (χ3n) is 4.71. The number of halogens is 2. The highest BCUT2D eigenvalue weighted by molar-refractivity contribution is 6.30. The Labute approximate surface area is 182 Å². The maximum absolute atomic E-state index is 12.7. The summed E-state index contributed by atoms with van der Waals surface area (Å²) in [6, 6.07) is 15.4. The summed E-state index contributed by atoms with van der Waals surface area (Å²) in [5.74, 6) is -0.0502. The predicted octanol–water partition coefficient (Wildman–Crippen LogP) is 4.86. The number of benzene rings is 2. The van der Waals surface area contributed by atoms with Gasteiger partial charge in [0.15, 0.2) is 0 Å². The standard InChI is InChI=1S/C22H25ClN4O.ClH/c1-4-24-14-17-7-5-6-8-21(17)25-22(28)13-20-15(2)26-27(16(20)3)19-11-9-18(23)10-12-19;/h5-12,24H,4,13-14H2,1-3H3,(H,25,28);1H. The Morgan fingerprint density at radius 1 is 1.10 bits per heavy atom. The zero-order chi connectivity index (χ0) is 20.1. The van der Waals surface area contributed by atoms with Crippen LogP contribution in [0.25, 0.3) is 5.69 Å². The molecule has 0 unspecified atom stereocenters. The number of carbonyl (C=O) groups excluding carboxylic acids is 1. The van der Waals surface area contributed by atoms with E-state index in [1.54, 1.807) is 0 Å². The first-order chi connectivity index (χ1) is 13.5. The Morgan fingerprint density at radius 2 is 1.79 bits per heavy atom. The quantitative estimate of drug-likeness (QED) is 0.560. The van der Waals surface area contributed by atoms with Crippen LogP contribution in [0.5, 0.6) is 0 Å². The van der Waals surface area contributed by atoms with Gasteiger partial charge in [0.2, 0.25) is 5.91 Å². The zero-order valence-corrected chi connectivity index (χ0v) is 18.4. The molecule has 5 nitrogen and oxygen atoms in total. The van der Waals surface area contributed by atoms with Gasteiger partial charge in [0.25, 0.3) is 0 Å². The lowest BCUT2D eigenvalue weighted by Gasteiger charge is -2.11. The van der Waals surface area contributed by atoms with Crippen LogP contribution in [0.4, 0.5) is 5.69 Å². The average Bonchev–Trinajstić information content (AvgIpc) is 2.96. The Hall–Kier alpha value is -2.34. The van der Waals surface area contributed by atoms with Crippen molar-refractivity contribution in [3.05, 3.63) is 76.1 Å². The molecule has 0 radical (unpaired) electrons. The Kier molecular flexibility index (Phi) is 8.26. The minimum atomic E-state index is -0.0502. The second kappa shape index (κ2) is 10.4. The van der Waals surface area contributed by atoms with Crippen molar-refractivity contribution in [2.75, 3.05) is 11.9 Å². The fraction of sp³-hybridized carbons (Fsp3) is 0.273. The molecule has 0 aliphatic heterocycles. The molecule has 0 bridgehead atoms. The van der Waals surface area contributed by atoms with E-state index in [1.807, 2.05) is 67.1 Å². The maximum Gasteiger partial charge on any atom is 0.228 e. The largest absolute Gasteiger partial charge is 0.325 e. The van der Waals surface area contributed by atoms with Gasteiger partial charge in [-0.25, -0.2) is 4.68 Å². The topological polar surface area (TPSA) is 58.9 Å². The first-order valence-corrected chi connectivity index (χ1v) is 9.77. The molecule has 2 aromatic carbocycles. The molecular formula is C22H26Cl2N4O. The van der Waals surface area contributed by atoms with Crippen molar-refractivity contribution >= 4 is 35.6 Å². The highest BCUT2D eigenvalue weighted by atomic mass is 35.5. The van der Waals surface area contributed by atoms with Crippen molar-refractivity contribution in [3.63, 3.8) is 0 Å². The van der Waals surface area contributed by atoms with Crippen molar-refractivity contribution in [3.8, 4) is 5.69 Å². The molecule has 0 aliphatic rings. The van der Waals surface area contributed by atoms with Crippen molar-refractivity contribution in [1.29, 1.82) is 0 Å². The van der Waals surface area contributed by atoms with Crippen LogP contribution < -0.4 is 10.6 Å². The summed E-state index contributed by atoms with van der Waals surface area (Å²) in [5, 5.41) is 11.6. The number of hydrogen-bond acceptors (Lipinski definition) is 3. The number of amides is 1. The molecule has 0 saturated heterocycles. The molecule has 0 aliphatic carbocycles. The van der Waals surface area contributed by atoms with Crippen molar-refractivity contribution in [2.24, 2.45) is 0 Å². The third-order valence-corrected chi connectivity index (χ3v) is 4.96. The number of nitrogens with one attached hydrogen (secondary N) is 2. The first kappa shape index (κ1) is 22.9. The number of para-hydroxylation sites is 1. The lowest BCUT2D eigenvalue weighted by atomic mass is 10.1. The molecular weight excluding hydrogens is 407 g/mol. The lowest BCUT2D eigenvalue weighted by Crippen LogP contribution is -2.18. The van der Waals surface area contributed by atoms with E-state index < -0.39 is 0 Å². The number of carbonyl (C=O) groups is 1. The summed E-state index contributed by atoms with van der Waals surface area (Å²) in [6.45, 7) is 7.58. The van der Waals surface area contributed by atoms with Gasteiger partial charge in [0.05, 0.1) is 17.8 Å². The van der Waals surface area contributed by atoms with Gasteiger partial charge >= 0.3 is 0 Å². The van der Waals surface area contributed by atoms with Crippen LogP contribution in [-0.2, 0) is 17.8 Å². The summed E-state index contributed by atoms with van der Waals surface area (Å²) in [5.41, 5.74) is 5.58. The van der Waals surface area contributed by atoms with E-state index in [0.717, 1.165) is 47.0 Å². The van der Waals surface area contributed by atoms with E-state index in [4.69, 9.17) is 11.6 Å². The highest BCUT2D eigenvalue weighted by Crippen LogP contribution is 2.21. The Morgan fingerprint density at radius 3 is 2.48 bits per heavy atom. The van der Waals surface area contributed by atoms with Gasteiger partial charge in [-0.3, -0.25) is 4.79 Å². The molecule has 7 heteroatoms. The van der Waals surface area contributed by atoms with Crippen molar-refractivity contribution in [2.45, 2.75) is 33.7 Å². The van der Waals surface area contributed by atoms with E-state index in [9.17, 15) is 4.79 Å². The van der Waals surface area contributed by atoms with Gasteiger partial charge in [-0.05, 0) is 56.3 Å². The predicted molar refractivity (Wildman–Crippen MR) is 121 cm³/mol. The Bertz CT molecular complexity index is 967. The van der Waals surface area contributed by atoms with Crippen LogP contribution in [0.1, 0.15) is 29.4 Å². The lowest BCUT2D eigenvalue weighted by molar-refractivity contribution is -0.115. The van der Waals surface area contributed by atoms with Gasteiger partial charge in [0, 0.05) is 28.5 Å². The summed E-state index contributed by atoms with van der Waals surface area (Å²) in [7, 11) is 0. The number of rotatable bonds is 7. The zero-order valence-electron chi connectivity index (χ0n) is 16.8. The molecule has 29 heavy (non-hydrogen) atoms. The summed E-state index contributed by atoms with van der Waals surface area (Å²) < 4.78 is 1.85. The summed E-state index contributed by atoms with van der Waals surface area (Å²) >= 11 is 5.98. The van der Waals surface area contributed by atoms with Crippen LogP contribution in [0, 0.1) is 13.8 Å². The van der Waals surface area contributed by atoms with Crippen LogP contribution in [0.2, 0.25) is 5.02 Å². The van der Waals surface area contributed by atoms with Gasteiger partial charge < -0.3 is 10.6 Å². The van der Waals surface area contributed by atoms with E-state index in [2.05, 4.69) is 22.7 Å². The average molecular weight is 433 g/mol. The van der Waals surface area contributed by atoms with E-state index in [1.165, 1.54) is 0 Å². The number of anilines is 1. The number of nitrogens with zero attached hydrogens (tertiary/aromatic N) is 2. The molecule has 154 valence electrons. The Balaban J connectivity index is 0.00000300. The first-order valence-electron chi connectivity index (χ1n) is 9.39. The number of aryl methyl sites for hydroxylation is 1. The van der Waals surface area contributed by atoms with E-state index in [-0.39, 0.29) is 24.7 Å². The summed E-state index contributed by atoms with van der Waals surface area (Å²) in [6.07, 6.45) is 0.279. The SMILES string of the molecule is CCNCc1ccccc1NC(=O)Cc1c(C)nn(-c2ccc(Cl)cc2)c1C.Cl. The monoisotopic (exact) mass is 432 g/mol. The van der Waals surface area contributed by atoms with E-state index >= 15 is 0 Å². The fourth-order valence-corrected chi connectivity index (χ4v) is 3.30. The van der Waals surface area contributed by atoms with Crippen LogP contribution in [0.15, 0.2) is 48.5 Å². The molecule has 2 N–H and O–H groups in total. The summed E-state index contributed by atoms with van der Waals surface area (Å²) in [4.78, 5) is 12.7. The molecule has 3 rings (SSSR count). The van der Waals surface area contributed by atoms with Gasteiger partial charge in [-0.2, -0.15) is 5.10 Å². The fourth-order valence-electron chi connectivity index (χ4n) is 3.18. The molecule has 0 fully saturated rings. The maximum atomic E-state index is 12.7. The minimum absolute atomic E-state index is 0. The normalized spacial score (nSPS) is 10.5. The smallest absolute Gasteiger partial charge is 0.228 e. The third kappa shape index (κ3) is 5.60. The van der Waals surface area contributed by atoms with Gasteiger partial charge in [-0.1, -0.05) is 36.7 Å². The molecule has 0 spiro atoms. The number of aromatic nitrogens is 2. The molecule has 1 amide bonds. The number of hydrogen-bond donors (Lipinski definition) is 2. The second-order valence-electron chi connectivity index (χ2n) is 6.70. The van der Waals surface area contributed by atoms with E-state index in [0.29, 0.717) is 5.02 Å². The van der Waals surface area contributed by atoms with Crippen LogP contribution >= 0.6 is 24.0 Å². The minimum Gasteiger partial charge on any atom is -0.325 e. The molecule has 1 heterocycles. The highest BCUT2D eigenvalue weighted by Gasteiger charge is 2.16. The van der Waals surface area contributed by atoms with Crippen LogP contribution in [-0.4, -0.2) is 22.2 Å². The molecule has 1 aromatic heterocycles. The van der Waals surface area contributed by atoms with Crippen LogP contribution in [0.3, 0.4) is 0 Å². The molecule has 0 atom stereocenters. The van der Waals surface area contributed by atoms with Crippen molar-refractivity contribution < 1.29 is 4.79 Å². The van der Waals surface area contributed by atoms with Gasteiger partial charge in [0.1, 0.15) is 0 Å². The molecule has 0 saturated carbocycles. The molecule has 3 aromatic rings. The van der Waals surface area contributed by atoms with Gasteiger partial charge in [-0.15, -0.1) is 12.4 Å². The second-order valence-corrected chi connectivity index (χ2v) is 7.14.